The molecule has 4 rings (SSSR count). The number of anilines is 1. The predicted molar refractivity (Wildman–Crippen MR) is 110 cm³/mol. The number of hydrogen-bond donors (Lipinski definition) is 1. The molecule has 3 heterocycles. The van der Waals surface area contributed by atoms with Gasteiger partial charge in [-0.15, -0.1) is 11.3 Å². The average molecular weight is 407 g/mol. The summed E-state index contributed by atoms with van der Waals surface area (Å²) in [5.41, 5.74) is 1.01. The van der Waals surface area contributed by atoms with E-state index in [0.29, 0.717) is 6.54 Å². The number of amides is 1. The van der Waals surface area contributed by atoms with Gasteiger partial charge in [-0.1, -0.05) is 29.0 Å². The van der Waals surface area contributed by atoms with Crippen molar-refractivity contribution in [1.82, 2.24) is 15.2 Å². The van der Waals surface area contributed by atoms with E-state index < -0.39 is 0 Å². The van der Waals surface area contributed by atoms with Crippen molar-refractivity contribution in [1.29, 1.82) is 0 Å². The Balaban J connectivity index is 1.26. The van der Waals surface area contributed by atoms with Gasteiger partial charge in [-0.2, -0.15) is 0 Å². The highest BCUT2D eigenvalue weighted by atomic mass is 35.5. The van der Waals surface area contributed by atoms with Crippen LogP contribution in [0.5, 0.6) is 0 Å². The normalized spacial score (nSPS) is 15.5. The lowest BCUT2D eigenvalue weighted by Gasteiger charge is -2.34. The molecule has 0 unspecified atom stereocenters. The van der Waals surface area contributed by atoms with E-state index in [1.807, 2.05) is 35.7 Å². The molecule has 1 aliphatic rings. The van der Waals surface area contributed by atoms with E-state index in [0.717, 1.165) is 58.0 Å². The molecule has 1 fully saturated rings. The van der Waals surface area contributed by atoms with Crippen molar-refractivity contribution in [2.75, 3.05) is 44.2 Å². The Morgan fingerprint density at radius 2 is 2.08 bits per heavy atom. The molecule has 136 valence electrons. The standard InChI is InChI=1S/C18H19ClN4OS2/c19-13-3-4-14-16(12-13)26-18(21-14)23-9-7-22(8-10-23)6-5-20-17(24)15-2-1-11-25-15/h1-4,11-12H,5-10H2,(H,20,24). The van der Waals surface area contributed by atoms with Crippen molar-refractivity contribution in [2.45, 2.75) is 0 Å². The summed E-state index contributed by atoms with van der Waals surface area (Å²) in [5.74, 6) is 0.0202. The smallest absolute Gasteiger partial charge is 0.261 e. The minimum absolute atomic E-state index is 0.0202. The zero-order valence-electron chi connectivity index (χ0n) is 14.2. The van der Waals surface area contributed by atoms with Gasteiger partial charge in [-0.3, -0.25) is 9.69 Å². The second kappa shape index (κ2) is 7.92. The largest absolute Gasteiger partial charge is 0.350 e. The first kappa shape index (κ1) is 17.7. The molecule has 0 bridgehead atoms. The number of fused-ring (bicyclic) bond motifs is 1. The average Bonchev–Trinajstić information content (AvgIpc) is 3.31. The van der Waals surface area contributed by atoms with E-state index in [4.69, 9.17) is 16.6 Å². The number of hydrogen-bond acceptors (Lipinski definition) is 6. The highest BCUT2D eigenvalue weighted by Gasteiger charge is 2.20. The van der Waals surface area contributed by atoms with Crippen LogP contribution in [0.15, 0.2) is 35.7 Å². The minimum atomic E-state index is 0.0202. The molecule has 0 atom stereocenters. The van der Waals surface area contributed by atoms with Crippen LogP contribution in [0.2, 0.25) is 5.02 Å². The number of halogens is 1. The number of carbonyl (C=O) groups excluding carboxylic acids is 1. The first-order chi connectivity index (χ1) is 12.7. The van der Waals surface area contributed by atoms with E-state index in [-0.39, 0.29) is 5.91 Å². The van der Waals surface area contributed by atoms with Gasteiger partial charge < -0.3 is 10.2 Å². The molecule has 0 aliphatic carbocycles. The summed E-state index contributed by atoms with van der Waals surface area (Å²) in [7, 11) is 0. The van der Waals surface area contributed by atoms with Crippen molar-refractivity contribution in [2.24, 2.45) is 0 Å². The second-order valence-electron chi connectivity index (χ2n) is 6.17. The summed E-state index contributed by atoms with van der Waals surface area (Å²) in [6.07, 6.45) is 0. The van der Waals surface area contributed by atoms with Gasteiger partial charge in [0.25, 0.3) is 5.91 Å². The Morgan fingerprint density at radius 1 is 1.23 bits per heavy atom. The van der Waals surface area contributed by atoms with Crippen LogP contribution in [0.1, 0.15) is 9.67 Å². The van der Waals surface area contributed by atoms with Crippen LogP contribution in [0.3, 0.4) is 0 Å². The summed E-state index contributed by atoms with van der Waals surface area (Å²) in [6, 6.07) is 9.59. The van der Waals surface area contributed by atoms with E-state index in [2.05, 4.69) is 15.1 Å². The fourth-order valence-corrected chi connectivity index (χ4v) is 4.94. The zero-order chi connectivity index (χ0) is 17.9. The van der Waals surface area contributed by atoms with Crippen LogP contribution < -0.4 is 10.2 Å². The van der Waals surface area contributed by atoms with Crippen molar-refractivity contribution >= 4 is 55.5 Å². The number of benzene rings is 1. The molecule has 3 aromatic rings. The summed E-state index contributed by atoms with van der Waals surface area (Å²) >= 11 is 9.23. The van der Waals surface area contributed by atoms with Gasteiger partial charge in [0, 0.05) is 44.3 Å². The molecule has 1 aliphatic heterocycles. The molecule has 26 heavy (non-hydrogen) atoms. The summed E-state index contributed by atoms with van der Waals surface area (Å²) in [6.45, 7) is 5.41. The third kappa shape index (κ3) is 4.01. The maximum Gasteiger partial charge on any atom is 0.261 e. The number of carbonyl (C=O) groups is 1. The molecule has 0 spiro atoms. The van der Waals surface area contributed by atoms with Crippen LogP contribution in [0, 0.1) is 0 Å². The lowest BCUT2D eigenvalue weighted by molar-refractivity contribution is 0.0952. The summed E-state index contributed by atoms with van der Waals surface area (Å²) in [4.78, 5) is 22.2. The molecule has 1 aromatic carbocycles. The second-order valence-corrected chi connectivity index (χ2v) is 8.56. The third-order valence-corrected chi connectivity index (χ3v) is 6.62. The molecule has 1 saturated heterocycles. The maximum atomic E-state index is 11.9. The number of thiazole rings is 1. The summed E-state index contributed by atoms with van der Waals surface area (Å²) < 4.78 is 1.13. The van der Waals surface area contributed by atoms with Crippen LogP contribution >= 0.6 is 34.3 Å². The van der Waals surface area contributed by atoms with Gasteiger partial charge in [0.05, 0.1) is 15.1 Å². The number of nitrogens with one attached hydrogen (secondary N) is 1. The topological polar surface area (TPSA) is 48.5 Å². The Kier molecular flexibility index (Phi) is 5.40. The van der Waals surface area contributed by atoms with Crippen LogP contribution in [0.25, 0.3) is 10.2 Å². The highest BCUT2D eigenvalue weighted by molar-refractivity contribution is 7.22. The van der Waals surface area contributed by atoms with Gasteiger partial charge in [0.2, 0.25) is 0 Å². The number of thiophene rings is 1. The number of nitrogens with zero attached hydrogens (tertiary/aromatic N) is 3. The van der Waals surface area contributed by atoms with Crippen molar-refractivity contribution in [3.8, 4) is 0 Å². The molecule has 1 amide bonds. The van der Waals surface area contributed by atoms with Crippen LogP contribution in [0.4, 0.5) is 5.13 Å². The number of piperazine rings is 1. The van der Waals surface area contributed by atoms with E-state index >= 15 is 0 Å². The molecule has 1 N–H and O–H groups in total. The Hall–Kier alpha value is -1.67. The van der Waals surface area contributed by atoms with E-state index in [9.17, 15) is 4.79 Å². The number of rotatable bonds is 5. The lowest BCUT2D eigenvalue weighted by Crippen LogP contribution is -2.48. The van der Waals surface area contributed by atoms with Gasteiger partial charge in [0.1, 0.15) is 0 Å². The molecule has 5 nitrogen and oxygen atoms in total. The van der Waals surface area contributed by atoms with Crippen LogP contribution in [-0.4, -0.2) is 55.1 Å². The monoisotopic (exact) mass is 406 g/mol. The molecule has 2 aromatic heterocycles. The zero-order valence-corrected chi connectivity index (χ0v) is 16.5. The fraction of sp³-hybridized carbons (Fsp3) is 0.333. The third-order valence-electron chi connectivity index (χ3n) is 4.44. The lowest BCUT2D eigenvalue weighted by atomic mass is 10.3. The van der Waals surface area contributed by atoms with Crippen molar-refractivity contribution in [3.05, 3.63) is 45.6 Å². The predicted octanol–water partition coefficient (Wildman–Crippen LogP) is 3.56. The minimum Gasteiger partial charge on any atom is -0.350 e. The van der Waals surface area contributed by atoms with Gasteiger partial charge >= 0.3 is 0 Å². The SMILES string of the molecule is O=C(NCCN1CCN(c2nc3ccc(Cl)cc3s2)CC1)c1cccs1. The molecule has 0 saturated carbocycles. The van der Waals surface area contributed by atoms with Gasteiger partial charge in [-0.25, -0.2) is 4.98 Å². The number of aromatic nitrogens is 1. The fourth-order valence-electron chi connectivity index (χ4n) is 3.01. The van der Waals surface area contributed by atoms with Crippen molar-refractivity contribution < 1.29 is 4.79 Å². The van der Waals surface area contributed by atoms with E-state index in [1.165, 1.54) is 11.3 Å². The molecule has 8 heteroatoms. The Morgan fingerprint density at radius 3 is 2.85 bits per heavy atom. The Bertz CT molecular complexity index is 888. The van der Waals surface area contributed by atoms with E-state index in [1.54, 1.807) is 11.3 Å². The summed E-state index contributed by atoms with van der Waals surface area (Å²) in [5, 5.41) is 6.73. The molecule has 0 radical (unpaired) electrons. The first-order valence-electron chi connectivity index (χ1n) is 8.54. The van der Waals surface area contributed by atoms with Gasteiger partial charge in [0.15, 0.2) is 5.13 Å². The first-order valence-corrected chi connectivity index (χ1v) is 10.6. The Labute approximate surface area is 165 Å². The molecular weight excluding hydrogens is 388 g/mol. The maximum absolute atomic E-state index is 11.9. The quantitative estimate of drug-likeness (QED) is 0.703. The van der Waals surface area contributed by atoms with Crippen molar-refractivity contribution in [3.63, 3.8) is 0 Å². The highest BCUT2D eigenvalue weighted by Crippen LogP contribution is 2.31. The van der Waals surface area contributed by atoms with Crippen LogP contribution in [-0.2, 0) is 0 Å². The van der Waals surface area contributed by atoms with Gasteiger partial charge in [-0.05, 0) is 29.6 Å². The molecular formula is C18H19ClN4OS2.